The van der Waals surface area contributed by atoms with E-state index in [2.05, 4.69) is 13.8 Å². The number of carbonyl (C=O) groups excluding carboxylic acids is 1. The SMILES string of the molecule is CCCCCCCCCCCCCCCCCCCCCCCCCCCCCC(=O)N(CCO)CC(O)COCCCCCCCCCCCCCCCC. The Morgan fingerprint density at radius 1 is 0.429 bits per heavy atom. The van der Waals surface area contributed by atoms with Gasteiger partial charge < -0.3 is 19.8 Å². The number of hydrogen-bond acceptors (Lipinski definition) is 4. The molecule has 0 aromatic rings. The maximum absolute atomic E-state index is 12.8. The summed E-state index contributed by atoms with van der Waals surface area (Å²) in [6, 6.07) is 0. The molecule has 0 aliphatic heterocycles. The zero-order valence-corrected chi connectivity index (χ0v) is 38.5. The number of ether oxygens (including phenoxy) is 1. The lowest BCUT2D eigenvalue weighted by Crippen LogP contribution is -2.40. The Hall–Kier alpha value is -0.650. The van der Waals surface area contributed by atoms with Gasteiger partial charge in [-0.1, -0.05) is 264 Å². The first-order valence-electron chi connectivity index (χ1n) is 25.8. The van der Waals surface area contributed by atoms with Gasteiger partial charge in [-0.2, -0.15) is 0 Å². The minimum absolute atomic E-state index is 0.0460. The van der Waals surface area contributed by atoms with E-state index < -0.39 is 6.10 Å². The van der Waals surface area contributed by atoms with Gasteiger partial charge in [0.15, 0.2) is 0 Å². The van der Waals surface area contributed by atoms with Crippen LogP contribution in [0.1, 0.15) is 284 Å². The molecule has 0 fully saturated rings. The Bertz CT molecular complexity index is 733. The molecule has 2 N–H and O–H groups in total. The van der Waals surface area contributed by atoms with Crippen molar-refractivity contribution in [2.45, 2.75) is 290 Å². The van der Waals surface area contributed by atoms with E-state index in [1.807, 2.05) is 0 Å². The Kier molecular flexibility index (Phi) is 48.2. The molecule has 1 atom stereocenters. The fourth-order valence-corrected chi connectivity index (χ4v) is 8.29. The molecular weight excluding hydrogens is 691 g/mol. The van der Waals surface area contributed by atoms with Crippen LogP contribution in [0.15, 0.2) is 0 Å². The fraction of sp³-hybridized carbons (Fsp3) is 0.980. The molecule has 0 saturated heterocycles. The van der Waals surface area contributed by atoms with Crippen molar-refractivity contribution >= 4 is 5.91 Å². The van der Waals surface area contributed by atoms with E-state index in [1.165, 1.54) is 244 Å². The largest absolute Gasteiger partial charge is 0.395 e. The van der Waals surface area contributed by atoms with E-state index in [0.29, 0.717) is 13.0 Å². The first-order chi connectivity index (χ1) is 27.7. The van der Waals surface area contributed by atoms with E-state index >= 15 is 0 Å². The number of amides is 1. The van der Waals surface area contributed by atoms with Crippen LogP contribution in [0, 0.1) is 0 Å². The van der Waals surface area contributed by atoms with Gasteiger partial charge in [-0.3, -0.25) is 4.79 Å². The Morgan fingerprint density at radius 3 is 0.982 bits per heavy atom. The van der Waals surface area contributed by atoms with Crippen LogP contribution in [-0.4, -0.2) is 60.0 Å². The topological polar surface area (TPSA) is 70.0 Å². The summed E-state index contributed by atoms with van der Waals surface area (Å²) >= 11 is 0. The molecule has 0 aliphatic rings. The molecule has 0 heterocycles. The number of nitrogens with zero attached hydrogens (tertiary/aromatic N) is 1. The third-order valence-electron chi connectivity index (χ3n) is 12.1. The van der Waals surface area contributed by atoms with E-state index in [1.54, 1.807) is 4.90 Å². The molecule has 0 aromatic carbocycles. The molecule has 0 bridgehead atoms. The highest BCUT2D eigenvalue weighted by molar-refractivity contribution is 5.76. The van der Waals surface area contributed by atoms with Gasteiger partial charge in [-0.05, 0) is 12.8 Å². The van der Waals surface area contributed by atoms with Crippen LogP contribution in [-0.2, 0) is 9.53 Å². The molecular formula is C51H103NO4. The van der Waals surface area contributed by atoms with Crippen LogP contribution >= 0.6 is 0 Å². The fourth-order valence-electron chi connectivity index (χ4n) is 8.29. The van der Waals surface area contributed by atoms with Crippen LogP contribution in [0.2, 0.25) is 0 Å². The molecule has 336 valence electrons. The summed E-state index contributed by atoms with van der Waals surface area (Å²) in [5, 5.41) is 20.0. The smallest absolute Gasteiger partial charge is 0.222 e. The summed E-state index contributed by atoms with van der Waals surface area (Å²) in [6.45, 7) is 5.97. The summed E-state index contributed by atoms with van der Waals surface area (Å²) in [4.78, 5) is 14.4. The highest BCUT2D eigenvalue weighted by Gasteiger charge is 2.17. The number of hydrogen-bond donors (Lipinski definition) is 2. The number of rotatable bonds is 49. The molecule has 1 amide bonds. The van der Waals surface area contributed by atoms with Crippen LogP contribution in [0.4, 0.5) is 0 Å². The highest BCUT2D eigenvalue weighted by atomic mass is 16.5. The molecule has 0 radical (unpaired) electrons. The van der Waals surface area contributed by atoms with Crippen molar-refractivity contribution in [1.82, 2.24) is 4.90 Å². The van der Waals surface area contributed by atoms with Crippen LogP contribution in [0.25, 0.3) is 0 Å². The lowest BCUT2D eigenvalue weighted by molar-refractivity contribution is -0.134. The number of carbonyl (C=O) groups is 1. The monoisotopic (exact) mass is 794 g/mol. The number of aliphatic hydroxyl groups excluding tert-OH is 2. The molecule has 5 heteroatoms. The van der Waals surface area contributed by atoms with E-state index in [4.69, 9.17) is 4.74 Å². The number of aliphatic hydroxyl groups is 2. The van der Waals surface area contributed by atoms with Crippen LogP contribution in [0.3, 0.4) is 0 Å². The van der Waals surface area contributed by atoms with E-state index in [0.717, 1.165) is 19.3 Å². The second-order valence-electron chi connectivity index (χ2n) is 17.8. The van der Waals surface area contributed by atoms with Crippen molar-refractivity contribution in [3.63, 3.8) is 0 Å². The first kappa shape index (κ1) is 55.4. The molecule has 1 unspecified atom stereocenters. The highest BCUT2D eigenvalue weighted by Crippen LogP contribution is 2.17. The quantitative estimate of drug-likeness (QED) is 0.0602. The molecule has 5 nitrogen and oxygen atoms in total. The zero-order chi connectivity index (χ0) is 40.7. The van der Waals surface area contributed by atoms with Crippen molar-refractivity contribution < 1.29 is 19.7 Å². The van der Waals surface area contributed by atoms with Crippen LogP contribution < -0.4 is 0 Å². The van der Waals surface area contributed by atoms with Crippen molar-refractivity contribution in [1.29, 1.82) is 0 Å². The predicted octanol–water partition coefficient (Wildman–Crippen LogP) is 15.6. The molecule has 0 spiro atoms. The maximum atomic E-state index is 12.8. The minimum atomic E-state index is -0.698. The molecule has 0 aliphatic carbocycles. The summed E-state index contributed by atoms with van der Waals surface area (Å²) in [5.41, 5.74) is 0. The standard InChI is InChI=1S/C51H103NO4/c1-3-5-7-9-11-13-15-17-19-20-21-22-23-24-25-26-27-28-29-30-31-32-34-36-38-40-42-44-51(55)52(45-46-53)48-50(54)49-56-47-43-41-39-37-35-33-18-16-14-12-10-8-6-4-2/h50,53-54H,3-49H2,1-2H3. The maximum Gasteiger partial charge on any atom is 0.222 e. The van der Waals surface area contributed by atoms with Gasteiger partial charge in [-0.25, -0.2) is 0 Å². The van der Waals surface area contributed by atoms with E-state index in [-0.39, 0.29) is 32.2 Å². The lowest BCUT2D eigenvalue weighted by atomic mass is 10.0. The lowest BCUT2D eigenvalue weighted by Gasteiger charge is -2.24. The van der Waals surface area contributed by atoms with Crippen molar-refractivity contribution in [3.8, 4) is 0 Å². The van der Waals surface area contributed by atoms with Gasteiger partial charge in [0.25, 0.3) is 0 Å². The second-order valence-corrected chi connectivity index (χ2v) is 17.8. The Morgan fingerprint density at radius 2 is 0.696 bits per heavy atom. The first-order valence-corrected chi connectivity index (χ1v) is 25.8. The van der Waals surface area contributed by atoms with E-state index in [9.17, 15) is 15.0 Å². The minimum Gasteiger partial charge on any atom is -0.395 e. The predicted molar refractivity (Wildman–Crippen MR) is 246 cm³/mol. The zero-order valence-electron chi connectivity index (χ0n) is 38.5. The van der Waals surface area contributed by atoms with Gasteiger partial charge in [0.05, 0.1) is 19.3 Å². The molecule has 0 aromatic heterocycles. The molecule has 56 heavy (non-hydrogen) atoms. The second kappa shape index (κ2) is 48.7. The van der Waals surface area contributed by atoms with Gasteiger partial charge in [0.1, 0.15) is 0 Å². The summed E-state index contributed by atoms with van der Waals surface area (Å²) in [5.74, 6) is 0.0460. The van der Waals surface area contributed by atoms with Gasteiger partial charge in [0, 0.05) is 26.1 Å². The van der Waals surface area contributed by atoms with Crippen molar-refractivity contribution in [2.75, 3.05) is 32.9 Å². The molecule has 0 saturated carbocycles. The average molecular weight is 794 g/mol. The third kappa shape index (κ3) is 44.5. The van der Waals surface area contributed by atoms with Crippen LogP contribution in [0.5, 0.6) is 0 Å². The third-order valence-corrected chi connectivity index (χ3v) is 12.1. The summed E-state index contributed by atoms with van der Waals surface area (Å²) in [6.07, 6.45) is 55.9. The average Bonchev–Trinajstić information content (AvgIpc) is 3.20. The van der Waals surface area contributed by atoms with Gasteiger partial charge in [0.2, 0.25) is 5.91 Å². The normalized spacial score (nSPS) is 12.1. The molecule has 0 rings (SSSR count). The Labute approximate surface area is 352 Å². The summed E-state index contributed by atoms with van der Waals surface area (Å²) in [7, 11) is 0. The number of unbranched alkanes of at least 4 members (excludes halogenated alkanes) is 39. The Balaban J connectivity index is 3.48. The van der Waals surface area contributed by atoms with Crippen molar-refractivity contribution in [2.24, 2.45) is 0 Å². The summed E-state index contributed by atoms with van der Waals surface area (Å²) < 4.78 is 5.73. The van der Waals surface area contributed by atoms with Crippen molar-refractivity contribution in [3.05, 3.63) is 0 Å². The van der Waals surface area contributed by atoms with Gasteiger partial charge >= 0.3 is 0 Å². The van der Waals surface area contributed by atoms with Gasteiger partial charge in [-0.15, -0.1) is 0 Å².